The van der Waals surface area contributed by atoms with Gasteiger partial charge < -0.3 is 15.4 Å². The summed E-state index contributed by atoms with van der Waals surface area (Å²) in [5.74, 6) is 0.435. The topological polar surface area (TPSA) is 48.0 Å². The zero-order valence-corrected chi connectivity index (χ0v) is 11.2. The number of fused-ring (bicyclic) bond motifs is 1. The molecule has 1 aromatic carbocycles. The van der Waals surface area contributed by atoms with Crippen LogP contribution in [0.5, 0.6) is 0 Å². The van der Waals surface area contributed by atoms with Crippen molar-refractivity contribution >= 4 is 10.9 Å². The molecule has 1 aliphatic carbocycles. The number of nitrogens with one attached hydrogen (secondary N) is 2. The molecule has 1 fully saturated rings. The van der Waals surface area contributed by atoms with E-state index in [1.807, 2.05) is 6.20 Å². The summed E-state index contributed by atoms with van der Waals surface area (Å²) in [5, 5.41) is 14.7. The van der Waals surface area contributed by atoms with Crippen molar-refractivity contribution in [2.24, 2.45) is 5.92 Å². The first kappa shape index (κ1) is 12.7. The molecule has 0 bridgehead atoms. The molecule has 102 valence electrons. The van der Waals surface area contributed by atoms with Crippen molar-refractivity contribution in [3.8, 4) is 0 Å². The van der Waals surface area contributed by atoms with Crippen LogP contribution in [-0.2, 0) is 6.54 Å². The van der Waals surface area contributed by atoms with Crippen LogP contribution in [0.25, 0.3) is 10.9 Å². The molecule has 3 N–H and O–H groups in total. The van der Waals surface area contributed by atoms with E-state index in [9.17, 15) is 5.11 Å². The highest BCUT2D eigenvalue weighted by Crippen LogP contribution is 2.23. The maximum Gasteiger partial charge on any atom is 0.0580 e. The van der Waals surface area contributed by atoms with Gasteiger partial charge in [-0.1, -0.05) is 18.9 Å². The fraction of sp³-hybridized carbons (Fsp3) is 0.500. The molecular weight excluding hydrogens is 236 g/mol. The molecule has 0 aliphatic heterocycles. The summed E-state index contributed by atoms with van der Waals surface area (Å²) >= 11 is 0. The van der Waals surface area contributed by atoms with Gasteiger partial charge in [0.1, 0.15) is 0 Å². The summed E-state index contributed by atoms with van der Waals surface area (Å²) in [6.45, 7) is 1.80. The third-order valence-electron chi connectivity index (χ3n) is 4.22. The Balaban J connectivity index is 1.53. The van der Waals surface area contributed by atoms with E-state index < -0.39 is 0 Å². The van der Waals surface area contributed by atoms with Crippen LogP contribution in [0.1, 0.15) is 31.2 Å². The van der Waals surface area contributed by atoms with Gasteiger partial charge in [-0.15, -0.1) is 0 Å². The number of hydrogen-bond donors (Lipinski definition) is 3. The quantitative estimate of drug-likeness (QED) is 0.789. The fourth-order valence-electron chi connectivity index (χ4n) is 3.04. The maximum absolute atomic E-state index is 9.94. The van der Waals surface area contributed by atoms with Crippen LogP contribution in [0.3, 0.4) is 0 Å². The van der Waals surface area contributed by atoms with E-state index in [-0.39, 0.29) is 6.10 Å². The largest absolute Gasteiger partial charge is 0.393 e. The number of rotatable bonds is 4. The van der Waals surface area contributed by atoms with Gasteiger partial charge in [-0.25, -0.2) is 0 Å². The molecule has 1 heterocycles. The molecule has 2 aromatic rings. The van der Waals surface area contributed by atoms with E-state index in [1.165, 1.54) is 29.3 Å². The fourth-order valence-corrected chi connectivity index (χ4v) is 3.04. The lowest BCUT2D eigenvalue weighted by Gasteiger charge is -2.27. The van der Waals surface area contributed by atoms with Crippen LogP contribution in [-0.4, -0.2) is 22.7 Å². The number of aliphatic hydroxyl groups is 1. The van der Waals surface area contributed by atoms with Gasteiger partial charge in [0.15, 0.2) is 0 Å². The second-order valence-electron chi connectivity index (χ2n) is 5.64. The Morgan fingerprint density at radius 2 is 2.11 bits per heavy atom. The molecule has 1 aliphatic rings. The number of aromatic amines is 1. The average Bonchev–Trinajstić information content (AvgIpc) is 2.88. The van der Waals surface area contributed by atoms with Gasteiger partial charge in [0.05, 0.1) is 6.10 Å². The van der Waals surface area contributed by atoms with Gasteiger partial charge in [-0.3, -0.25) is 0 Å². The molecule has 3 rings (SSSR count). The van der Waals surface area contributed by atoms with Gasteiger partial charge in [0.25, 0.3) is 0 Å². The Kier molecular flexibility index (Phi) is 3.85. The van der Waals surface area contributed by atoms with Crippen LogP contribution >= 0.6 is 0 Å². The molecule has 0 saturated heterocycles. The lowest BCUT2D eigenvalue weighted by atomic mass is 9.86. The highest BCUT2D eigenvalue weighted by molar-refractivity contribution is 5.79. The Labute approximate surface area is 114 Å². The third kappa shape index (κ3) is 2.99. The highest BCUT2D eigenvalue weighted by Gasteiger charge is 2.22. The van der Waals surface area contributed by atoms with Crippen LogP contribution in [0.2, 0.25) is 0 Å². The molecule has 1 saturated carbocycles. The molecule has 1 aromatic heterocycles. The second-order valence-corrected chi connectivity index (χ2v) is 5.64. The standard InChI is InChI=1S/C16H22N2O/c19-16-4-2-1-3-14(16)11-17-10-12-5-6-15-13(9-12)7-8-18-15/h5-9,14,16-19H,1-4,10-11H2. The molecule has 0 spiro atoms. The summed E-state index contributed by atoms with van der Waals surface area (Å²) in [5.41, 5.74) is 2.49. The Bertz CT molecular complexity index is 534. The Morgan fingerprint density at radius 1 is 1.21 bits per heavy atom. The summed E-state index contributed by atoms with van der Waals surface area (Å²) in [7, 11) is 0. The van der Waals surface area contributed by atoms with Crippen molar-refractivity contribution in [1.29, 1.82) is 0 Å². The van der Waals surface area contributed by atoms with Crippen LogP contribution in [0.15, 0.2) is 30.5 Å². The minimum Gasteiger partial charge on any atom is -0.393 e. The van der Waals surface area contributed by atoms with E-state index in [0.717, 1.165) is 25.9 Å². The van der Waals surface area contributed by atoms with Crippen LogP contribution in [0, 0.1) is 5.92 Å². The molecule has 0 radical (unpaired) electrons. The van der Waals surface area contributed by atoms with Gasteiger partial charge in [0, 0.05) is 24.8 Å². The predicted octanol–water partition coefficient (Wildman–Crippen LogP) is 2.81. The SMILES string of the molecule is OC1CCCCC1CNCc1ccc2[nH]ccc2c1. The van der Waals surface area contributed by atoms with Gasteiger partial charge in [-0.2, -0.15) is 0 Å². The lowest BCUT2D eigenvalue weighted by Crippen LogP contribution is -2.33. The summed E-state index contributed by atoms with van der Waals surface area (Å²) in [6.07, 6.45) is 6.45. The van der Waals surface area contributed by atoms with E-state index in [2.05, 4.69) is 34.6 Å². The van der Waals surface area contributed by atoms with Crippen LogP contribution in [0.4, 0.5) is 0 Å². The van der Waals surface area contributed by atoms with Crippen molar-refractivity contribution in [3.63, 3.8) is 0 Å². The highest BCUT2D eigenvalue weighted by atomic mass is 16.3. The molecule has 2 atom stereocenters. The van der Waals surface area contributed by atoms with E-state index >= 15 is 0 Å². The smallest absolute Gasteiger partial charge is 0.0580 e. The first-order valence-corrected chi connectivity index (χ1v) is 7.28. The van der Waals surface area contributed by atoms with Crippen molar-refractivity contribution in [3.05, 3.63) is 36.0 Å². The molecule has 2 unspecified atom stereocenters. The number of aliphatic hydroxyl groups excluding tert-OH is 1. The zero-order chi connectivity index (χ0) is 13.1. The number of benzene rings is 1. The first-order chi connectivity index (χ1) is 9.33. The lowest BCUT2D eigenvalue weighted by molar-refractivity contribution is 0.0695. The number of aromatic nitrogens is 1. The predicted molar refractivity (Wildman–Crippen MR) is 78.0 cm³/mol. The monoisotopic (exact) mass is 258 g/mol. The van der Waals surface area contributed by atoms with Gasteiger partial charge in [0.2, 0.25) is 0 Å². The maximum atomic E-state index is 9.94. The van der Waals surface area contributed by atoms with Crippen LogP contribution < -0.4 is 5.32 Å². The minimum absolute atomic E-state index is 0.103. The molecule has 19 heavy (non-hydrogen) atoms. The second kappa shape index (κ2) is 5.76. The minimum atomic E-state index is -0.103. The van der Waals surface area contributed by atoms with E-state index in [0.29, 0.717) is 5.92 Å². The normalized spacial score (nSPS) is 23.8. The summed E-state index contributed by atoms with van der Waals surface area (Å²) in [6, 6.07) is 8.60. The van der Waals surface area contributed by atoms with Crippen molar-refractivity contribution in [2.45, 2.75) is 38.3 Å². The first-order valence-electron chi connectivity index (χ1n) is 7.28. The molecule has 3 heteroatoms. The summed E-state index contributed by atoms with van der Waals surface area (Å²) < 4.78 is 0. The molecule has 3 nitrogen and oxygen atoms in total. The molecular formula is C16H22N2O. The van der Waals surface area contributed by atoms with Crippen molar-refractivity contribution in [2.75, 3.05) is 6.54 Å². The van der Waals surface area contributed by atoms with Crippen molar-refractivity contribution < 1.29 is 5.11 Å². The Morgan fingerprint density at radius 3 is 3.00 bits per heavy atom. The zero-order valence-electron chi connectivity index (χ0n) is 11.2. The average molecular weight is 258 g/mol. The van der Waals surface area contributed by atoms with Gasteiger partial charge >= 0.3 is 0 Å². The third-order valence-corrected chi connectivity index (χ3v) is 4.22. The van der Waals surface area contributed by atoms with Gasteiger partial charge in [-0.05, 0) is 47.9 Å². The molecule has 0 amide bonds. The number of hydrogen-bond acceptors (Lipinski definition) is 2. The van der Waals surface area contributed by atoms with E-state index in [4.69, 9.17) is 0 Å². The number of H-pyrrole nitrogens is 1. The van der Waals surface area contributed by atoms with Crippen molar-refractivity contribution in [1.82, 2.24) is 10.3 Å². The Hall–Kier alpha value is -1.32. The van der Waals surface area contributed by atoms with E-state index in [1.54, 1.807) is 0 Å². The summed E-state index contributed by atoms with van der Waals surface area (Å²) in [4.78, 5) is 3.21.